The van der Waals surface area contributed by atoms with Gasteiger partial charge in [0.15, 0.2) is 6.04 Å². The molecule has 112 valence electrons. The second kappa shape index (κ2) is 6.43. The number of rotatable bonds is 4. The molecular weight excluding hydrogens is 276 g/mol. The topological polar surface area (TPSA) is 44.1 Å². The molecule has 0 bridgehead atoms. The van der Waals surface area contributed by atoms with Crippen LogP contribution in [0.15, 0.2) is 48.7 Å². The van der Waals surface area contributed by atoms with Gasteiger partial charge in [0, 0.05) is 18.2 Å². The van der Waals surface area contributed by atoms with Gasteiger partial charge in [-0.15, -0.1) is 0 Å². The van der Waals surface area contributed by atoms with E-state index in [9.17, 15) is 4.79 Å². The number of aromatic nitrogens is 2. The third kappa shape index (κ3) is 3.01. The van der Waals surface area contributed by atoms with Crippen LogP contribution in [0.3, 0.4) is 0 Å². The third-order valence-electron chi connectivity index (χ3n) is 3.70. The molecule has 2 aromatic rings. The molecule has 1 aliphatic carbocycles. The number of carbonyl (C=O) groups excluding carboxylic acids is 1. The van der Waals surface area contributed by atoms with Crippen molar-refractivity contribution in [2.75, 3.05) is 7.11 Å². The second-order valence-electron chi connectivity index (χ2n) is 5.22. The van der Waals surface area contributed by atoms with Crippen LogP contribution in [-0.2, 0) is 16.0 Å². The van der Waals surface area contributed by atoms with Crippen LogP contribution in [0.5, 0.6) is 0 Å². The molecule has 0 spiro atoms. The summed E-state index contributed by atoms with van der Waals surface area (Å²) in [4.78, 5) is 12.2. The summed E-state index contributed by atoms with van der Waals surface area (Å²) in [7, 11) is 1.41. The quantitative estimate of drug-likeness (QED) is 0.813. The number of nitrogens with zero attached hydrogens (tertiary/aromatic N) is 2. The van der Waals surface area contributed by atoms with E-state index in [4.69, 9.17) is 4.74 Å². The number of ether oxygens (including phenoxy) is 1. The van der Waals surface area contributed by atoms with Gasteiger partial charge in [0.2, 0.25) is 0 Å². The number of hydrogen-bond donors (Lipinski definition) is 0. The van der Waals surface area contributed by atoms with Gasteiger partial charge in [-0.2, -0.15) is 5.10 Å². The van der Waals surface area contributed by atoms with Gasteiger partial charge in [-0.1, -0.05) is 48.6 Å². The molecule has 0 saturated heterocycles. The van der Waals surface area contributed by atoms with E-state index in [0.717, 1.165) is 23.2 Å². The Kier molecular flexibility index (Phi) is 4.19. The van der Waals surface area contributed by atoms with Gasteiger partial charge in [-0.25, -0.2) is 4.79 Å². The molecule has 0 fully saturated rings. The van der Waals surface area contributed by atoms with Crippen molar-refractivity contribution < 1.29 is 9.53 Å². The van der Waals surface area contributed by atoms with Crippen LogP contribution in [0.25, 0.3) is 12.2 Å². The fourth-order valence-corrected chi connectivity index (χ4v) is 2.55. The van der Waals surface area contributed by atoms with E-state index >= 15 is 0 Å². The van der Waals surface area contributed by atoms with Crippen molar-refractivity contribution in [3.63, 3.8) is 0 Å². The molecule has 1 unspecified atom stereocenters. The lowest BCUT2D eigenvalue weighted by Gasteiger charge is -2.15. The first-order chi connectivity index (χ1) is 10.8. The zero-order valence-corrected chi connectivity index (χ0v) is 12.5. The Labute approximate surface area is 129 Å². The molecule has 1 atom stereocenters. The molecule has 0 saturated carbocycles. The molecule has 1 heterocycles. The van der Waals surface area contributed by atoms with E-state index < -0.39 is 6.04 Å². The summed E-state index contributed by atoms with van der Waals surface area (Å²) >= 11 is 0. The molecule has 4 nitrogen and oxygen atoms in total. The van der Waals surface area contributed by atoms with E-state index in [1.165, 1.54) is 7.11 Å². The smallest absolute Gasteiger partial charge is 0.331 e. The summed E-state index contributed by atoms with van der Waals surface area (Å²) in [5.74, 6) is -0.283. The fourth-order valence-electron chi connectivity index (χ4n) is 2.55. The Morgan fingerprint density at radius 1 is 1.27 bits per heavy atom. The van der Waals surface area contributed by atoms with Crippen LogP contribution in [0.4, 0.5) is 0 Å². The average molecular weight is 294 g/mol. The highest BCUT2D eigenvalue weighted by Crippen LogP contribution is 2.21. The number of fused-ring (bicyclic) bond motifs is 1. The van der Waals surface area contributed by atoms with Crippen molar-refractivity contribution in [2.24, 2.45) is 0 Å². The summed E-state index contributed by atoms with van der Waals surface area (Å²) in [6.45, 7) is 0. The van der Waals surface area contributed by atoms with Gasteiger partial charge in [0.1, 0.15) is 0 Å². The average Bonchev–Trinajstić information content (AvgIpc) is 2.83. The summed E-state index contributed by atoms with van der Waals surface area (Å²) < 4.78 is 6.67. The molecule has 0 aliphatic heterocycles. The predicted octanol–water partition coefficient (Wildman–Crippen LogP) is 3.27. The monoisotopic (exact) mass is 294 g/mol. The molecule has 1 aliphatic rings. The molecule has 0 N–H and O–H groups in total. The normalized spacial score (nSPS) is 14.2. The van der Waals surface area contributed by atoms with Crippen molar-refractivity contribution >= 4 is 18.1 Å². The van der Waals surface area contributed by atoms with Crippen LogP contribution < -0.4 is 0 Å². The molecule has 22 heavy (non-hydrogen) atoms. The second-order valence-corrected chi connectivity index (χ2v) is 5.22. The first-order valence-electron chi connectivity index (χ1n) is 7.32. The number of hydrogen-bond acceptors (Lipinski definition) is 3. The van der Waals surface area contributed by atoms with Crippen molar-refractivity contribution in [1.82, 2.24) is 9.78 Å². The number of benzene rings is 1. The predicted molar refractivity (Wildman–Crippen MR) is 86.1 cm³/mol. The highest BCUT2D eigenvalue weighted by molar-refractivity contribution is 5.75. The maximum Gasteiger partial charge on any atom is 0.331 e. The zero-order valence-electron chi connectivity index (χ0n) is 12.5. The van der Waals surface area contributed by atoms with Gasteiger partial charge in [0.05, 0.1) is 12.8 Å². The van der Waals surface area contributed by atoms with Crippen molar-refractivity contribution in [2.45, 2.75) is 18.9 Å². The largest absolute Gasteiger partial charge is 0.467 e. The number of methoxy groups -OCH3 is 1. The summed E-state index contributed by atoms with van der Waals surface area (Å²) in [6, 6.07) is 9.44. The van der Waals surface area contributed by atoms with Crippen molar-refractivity contribution in [3.8, 4) is 0 Å². The minimum atomic E-state index is -0.457. The third-order valence-corrected chi connectivity index (χ3v) is 3.70. The summed E-state index contributed by atoms with van der Waals surface area (Å²) in [5.41, 5.74) is 2.99. The molecule has 0 radical (unpaired) electrons. The van der Waals surface area contributed by atoms with Gasteiger partial charge < -0.3 is 4.74 Å². The first kappa shape index (κ1) is 14.3. The Morgan fingerprint density at radius 3 is 2.82 bits per heavy atom. The van der Waals surface area contributed by atoms with Crippen molar-refractivity contribution in [1.29, 1.82) is 0 Å². The number of esters is 1. The van der Waals surface area contributed by atoms with E-state index in [0.29, 0.717) is 6.42 Å². The Hall–Kier alpha value is -2.62. The SMILES string of the molecule is COC(=O)C(Cc1ccccc1)n1cc2c(n1)C=CCC=C2. The first-order valence-corrected chi connectivity index (χ1v) is 7.32. The van der Waals surface area contributed by atoms with E-state index in [1.807, 2.05) is 48.7 Å². The fraction of sp³-hybridized carbons (Fsp3) is 0.222. The van der Waals surface area contributed by atoms with Crippen LogP contribution >= 0.6 is 0 Å². The van der Waals surface area contributed by atoms with Gasteiger partial charge >= 0.3 is 5.97 Å². The Morgan fingerprint density at radius 2 is 2.05 bits per heavy atom. The summed E-state index contributed by atoms with van der Waals surface area (Å²) in [5, 5.41) is 4.55. The maximum atomic E-state index is 12.2. The molecule has 1 aromatic carbocycles. The van der Waals surface area contributed by atoms with Gasteiger partial charge in [0.25, 0.3) is 0 Å². The lowest BCUT2D eigenvalue weighted by Crippen LogP contribution is -2.23. The van der Waals surface area contributed by atoms with Gasteiger partial charge in [-0.3, -0.25) is 4.68 Å². The lowest BCUT2D eigenvalue weighted by molar-refractivity contribution is -0.144. The molecule has 1 aromatic heterocycles. The summed E-state index contributed by atoms with van der Waals surface area (Å²) in [6.07, 6.45) is 11.5. The van der Waals surface area contributed by atoms with Crippen LogP contribution in [0.2, 0.25) is 0 Å². The number of carbonyl (C=O) groups is 1. The zero-order chi connectivity index (χ0) is 15.4. The number of allylic oxidation sites excluding steroid dienone is 2. The lowest BCUT2D eigenvalue weighted by atomic mass is 10.1. The molecule has 0 amide bonds. The van der Waals surface area contributed by atoms with Crippen LogP contribution in [-0.4, -0.2) is 22.9 Å². The van der Waals surface area contributed by atoms with E-state index in [1.54, 1.807) is 4.68 Å². The van der Waals surface area contributed by atoms with E-state index in [-0.39, 0.29) is 5.97 Å². The molecule has 3 rings (SSSR count). The highest BCUT2D eigenvalue weighted by Gasteiger charge is 2.23. The van der Waals surface area contributed by atoms with Crippen LogP contribution in [0.1, 0.15) is 29.3 Å². The Balaban J connectivity index is 1.93. The molecular formula is C18H18N2O2. The Bertz CT molecular complexity index is 684. The van der Waals surface area contributed by atoms with Crippen molar-refractivity contribution in [3.05, 3.63) is 65.5 Å². The standard InChI is InChI=1S/C18H18N2O2/c1-22-18(21)17(12-14-8-4-2-5-9-14)20-13-15-10-6-3-7-11-16(15)19-20/h2,4-11,13,17H,3,12H2,1H3. The minimum absolute atomic E-state index is 0.283. The maximum absolute atomic E-state index is 12.2. The van der Waals surface area contributed by atoms with Crippen LogP contribution in [0, 0.1) is 0 Å². The highest BCUT2D eigenvalue weighted by atomic mass is 16.5. The van der Waals surface area contributed by atoms with Gasteiger partial charge in [-0.05, 0) is 18.1 Å². The minimum Gasteiger partial charge on any atom is -0.467 e. The van der Waals surface area contributed by atoms with E-state index in [2.05, 4.69) is 17.3 Å². The molecule has 4 heteroatoms.